The summed E-state index contributed by atoms with van der Waals surface area (Å²) in [7, 11) is 0. The average molecular weight is 277 g/mol. The third kappa shape index (κ3) is 3.12. The molecule has 0 aliphatic heterocycles. The predicted molar refractivity (Wildman–Crippen MR) is 77.8 cm³/mol. The highest BCUT2D eigenvalue weighted by Gasteiger charge is 2.45. The van der Waals surface area contributed by atoms with Crippen LogP contribution in [0.1, 0.15) is 38.2 Å². The Balaban J connectivity index is 1.88. The molecular weight excluding hydrogens is 254 g/mol. The van der Waals surface area contributed by atoms with E-state index in [2.05, 4.69) is 13.0 Å². The SMILES string of the molecule is CCc1cccc(OCCC2CCCC2(N)C(=O)O)c1. The Morgan fingerprint density at radius 2 is 2.35 bits per heavy atom. The standard InChI is InChI=1S/C16H23NO3/c1-2-12-5-3-7-14(11-12)20-10-8-13-6-4-9-16(13,17)15(18)19/h3,5,7,11,13H,2,4,6,8-10,17H2,1H3,(H,18,19). The number of carboxylic acids is 1. The summed E-state index contributed by atoms with van der Waals surface area (Å²) in [6.07, 6.45) is 4.00. The molecule has 2 atom stereocenters. The number of nitrogens with two attached hydrogens (primary N) is 1. The Morgan fingerprint density at radius 1 is 1.55 bits per heavy atom. The van der Waals surface area contributed by atoms with Crippen molar-refractivity contribution in [3.8, 4) is 5.75 Å². The molecule has 1 saturated carbocycles. The topological polar surface area (TPSA) is 72.5 Å². The molecule has 1 aromatic rings. The smallest absolute Gasteiger partial charge is 0.323 e. The largest absolute Gasteiger partial charge is 0.494 e. The zero-order valence-electron chi connectivity index (χ0n) is 12.0. The first-order valence-corrected chi connectivity index (χ1v) is 7.30. The minimum absolute atomic E-state index is 0.00866. The Hall–Kier alpha value is -1.55. The monoisotopic (exact) mass is 277 g/mol. The van der Waals surface area contributed by atoms with Crippen molar-refractivity contribution in [3.05, 3.63) is 29.8 Å². The average Bonchev–Trinajstić information content (AvgIpc) is 2.82. The van der Waals surface area contributed by atoms with Gasteiger partial charge in [-0.25, -0.2) is 0 Å². The number of carbonyl (C=O) groups is 1. The van der Waals surface area contributed by atoms with Gasteiger partial charge in [-0.1, -0.05) is 25.5 Å². The van der Waals surface area contributed by atoms with Crippen LogP contribution in [0.4, 0.5) is 0 Å². The van der Waals surface area contributed by atoms with Gasteiger partial charge in [0.2, 0.25) is 0 Å². The van der Waals surface area contributed by atoms with E-state index in [9.17, 15) is 9.90 Å². The molecule has 1 fully saturated rings. The van der Waals surface area contributed by atoms with Crippen molar-refractivity contribution >= 4 is 5.97 Å². The van der Waals surface area contributed by atoms with Gasteiger partial charge in [-0.05, 0) is 49.3 Å². The number of aliphatic carboxylic acids is 1. The number of aryl methyl sites for hydroxylation is 1. The van der Waals surface area contributed by atoms with E-state index >= 15 is 0 Å². The number of ether oxygens (including phenoxy) is 1. The molecule has 4 nitrogen and oxygen atoms in total. The van der Waals surface area contributed by atoms with E-state index in [1.807, 2.05) is 18.2 Å². The molecule has 0 radical (unpaired) electrons. The zero-order valence-corrected chi connectivity index (χ0v) is 12.0. The van der Waals surface area contributed by atoms with Gasteiger partial charge < -0.3 is 15.6 Å². The Bertz CT molecular complexity index is 475. The molecule has 0 saturated heterocycles. The van der Waals surface area contributed by atoms with Gasteiger partial charge in [-0.2, -0.15) is 0 Å². The van der Waals surface area contributed by atoms with Crippen LogP contribution in [0, 0.1) is 5.92 Å². The fourth-order valence-corrected chi connectivity index (χ4v) is 2.96. The normalized spacial score (nSPS) is 25.6. The van der Waals surface area contributed by atoms with E-state index in [1.165, 1.54) is 5.56 Å². The first-order chi connectivity index (χ1) is 9.56. The lowest BCUT2D eigenvalue weighted by Gasteiger charge is -2.26. The number of hydrogen-bond acceptors (Lipinski definition) is 3. The van der Waals surface area contributed by atoms with Gasteiger partial charge in [0.1, 0.15) is 11.3 Å². The lowest BCUT2D eigenvalue weighted by atomic mass is 9.86. The summed E-state index contributed by atoms with van der Waals surface area (Å²) >= 11 is 0. The molecular formula is C16H23NO3. The molecule has 0 aromatic heterocycles. The van der Waals surface area contributed by atoms with Crippen LogP contribution >= 0.6 is 0 Å². The van der Waals surface area contributed by atoms with Gasteiger partial charge in [0.15, 0.2) is 0 Å². The quantitative estimate of drug-likeness (QED) is 0.838. The summed E-state index contributed by atoms with van der Waals surface area (Å²) in [6, 6.07) is 8.01. The van der Waals surface area contributed by atoms with Crippen LogP contribution in [0.15, 0.2) is 24.3 Å². The van der Waals surface area contributed by atoms with E-state index in [1.54, 1.807) is 0 Å². The third-order valence-electron chi connectivity index (χ3n) is 4.31. The van der Waals surface area contributed by atoms with Gasteiger partial charge in [-0.15, -0.1) is 0 Å². The molecule has 20 heavy (non-hydrogen) atoms. The van der Waals surface area contributed by atoms with Gasteiger partial charge in [-0.3, -0.25) is 4.79 Å². The summed E-state index contributed by atoms with van der Waals surface area (Å²) in [6.45, 7) is 2.62. The first-order valence-electron chi connectivity index (χ1n) is 7.30. The highest BCUT2D eigenvalue weighted by Crippen LogP contribution is 2.36. The summed E-state index contributed by atoms with van der Waals surface area (Å²) in [5.41, 5.74) is 6.19. The van der Waals surface area contributed by atoms with Gasteiger partial charge >= 0.3 is 5.97 Å². The van der Waals surface area contributed by atoms with E-state index < -0.39 is 11.5 Å². The number of rotatable bonds is 6. The minimum Gasteiger partial charge on any atom is -0.494 e. The van der Waals surface area contributed by atoms with Crippen LogP contribution in [-0.4, -0.2) is 23.2 Å². The molecule has 2 unspecified atom stereocenters. The first kappa shape index (κ1) is 14.9. The second-order valence-electron chi connectivity index (χ2n) is 5.57. The molecule has 0 bridgehead atoms. The highest BCUT2D eigenvalue weighted by molar-refractivity contribution is 5.79. The van der Waals surface area contributed by atoms with Crippen LogP contribution in [0.5, 0.6) is 5.75 Å². The summed E-state index contributed by atoms with van der Waals surface area (Å²) in [5, 5.41) is 9.26. The molecule has 0 spiro atoms. The zero-order chi connectivity index (χ0) is 14.6. The van der Waals surface area contributed by atoms with Gasteiger partial charge in [0, 0.05) is 0 Å². The predicted octanol–water partition coefficient (Wildman–Crippen LogP) is 2.60. The molecule has 1 aromatic carbocycles. The van der Waals surface area contributed by atoms with Crippen LogP contribution in [0.3, 0.4) is 0 Å². The fourth-order valence-electron chi connectivity index (χ4n) is 2.96. The summed E-state index contributed by atoms with van der Waals surface area (Å²) in [4.78, 5) is 11.3. The van der Waals surface area contributed by atoms with Crippen LogP contribution in [0.25, 0.3) is 0 Å². The number of carboxylic acid groups (broad SMARTS) is 1. The molecule has 1 aliphatic carbocycles. The lowest BCUT2D eigenvalue weighted by Crippen LogP contribution is -2.51. The van der Waals surface area contributed by atoms with Crippen LogP contribution in [0.2, 0.25) is 0 Å². The molecule has 4 heteroatoms. The van der Waals surface area contributed by atoms with Crippen molar-refractivity contribution < 1.29 is 14.6 Å². The van der Waals surface area contributed by atoms with Crippen LogP contribution in [-0.2, 0) is 11.2 Å². The molecule has 0 amide bonds. The Kier molecular flexibility index (Phi) is 4.65. The summed E-state index contributed by atoms with van der Waals surface area (Å²) < 4.78 is 5.74. The minimum atomic E-state index is -1.06. The second kappa shape index (κ2) is 6.27. The van der Waals surface area contributed by atoms with Gasteiger partial charge in [0.05, 0.1) is 6.61 Å². The molecule has 1 aliphatic rings. The van der Waals surface area contributed by atoms with Crippen LogP contribution < -0.4 is 10.5 Å². The molecule has 110 valence electrons. The maximum Gasteiger partial charge on any atom is 0.323 e. The maximum atomic E-state index is 11.3. The van der Waals surface area contributed by atoms with E-state index in [-0.39, 0.29) is 5.92 Å². The van der Waals surface area contributed by atoms with Crippen molar-refractivity contribution in [2.75, 3.05) is 6.61 Å². The number of hydrogen-bond donors (Lipinski definition) is 2. The summed E-state index contributed by atoms with van der Waals surface area (Å²) in [5.74, 6) is -0.0253. The number of benzene rings is 1. The Labute approximate surface area is 119 Å². The van der Waals surface area contributed by atoms with Gasteiger partial charge in [0.25, 0.3) is 0 Å². The van der Waals surface area contributed by atoms with E-state index in [0.717, 1.165) is 25.0 Å². The van der Waals surface area contributed by atoms with Crippen molar-refractivity contribution in [2.24, 2.45) is 11.7 Å². The second-order valence-corrected chi connectivity index (χ2v) is 5.57. The molecule has 0 heterocycles. The molecule has 2 rings (SSSR count). The van der Waals surface area contributed by atoms with E-state index in [4.69, 9.17) is 10.5 Å². The van der Waals surface area contributed by atoms with Crippen molar-refractivity contribution in [3.63, 3.8) is 0 Å². The Morgan fingerprint density at radius 3 is 3.05 bits per heavy atom. The maximum absolute atomic E-state index is 11.3. The highest BCUT2D eigenvalue weighted by atomic mass is 16.5. The molecule has 3 N–H and O–H groups in total. The van der Waals surface area contributed by atoms with Crippen molar-refractivity contribution in [2.45, 2.75) is 44.6 Å². The fraction of sp³-hybridized carbons (Fsp3) is 0.562. The van der Waals surface area contributed by atoms with Crippen molar-refractivity contribution in [1.82, 2.24) is 0 Å². The lowest BCUT2D eigenvalue weighted by molar-refractivity contribution is -0.144. The van der Waals surface area contributed by atoms with Crippen molar-refractivity contribution in [1.29, 1.82) is 0 Å². The van der Waals surface area contributed by atoms with E-state index in [0.29, 0.717) is 19.4 Å². The third-order valence-corrected chi connectivity index (χ3v) is 4.31.